The van der Waals surface area contributed by atoms with E-state index in [9.17, 15) is 23.2 Å². The number of fused-ring (bicyclic) bond motifs is 1. The van der Waals surface area contributed by atoms with Crippen LogP contribution < -0.4 is 15.2 Å². The van der Waals surface area contributed by atoms with Crippen molar-refractivity contribution in [2.75, 3.05) is 0 Å². The van der Waals surface area contributed by atoms with Crippen molar-refractivity contribution in [3.63, 3.8) is 0 Å². The zero-order valence-electron chi connectivity index (χ0n) is 13.8. The quantitative estimate of drug-likeness (QED) is 0.501. The number of carbonyl (C=O) groups excluding carboxylic acids is 1. The van der Waals surface area contributed by atoms with Crippen LogP contribution in [-0.4, -0.2) is 10.9 Å². The van der Waals surface area contributed by atoms with Crippen LogP contribution in [0.3, 0.4) is 0 Å². The molecule has 2 heterocycles. The fourth-order valence-electron chi connectivity index (χ4n) is 2.50. The first-order valence-corrected chi connectivity index (χ1v) is 8.33. The van der Waals surface area contributed by atoms with E-state index in [0.29, 0.717) is 4.73 Å². The van der Waals surface area contributed by atoms with Gasteiger partial charge in [-0.25, -0.2) is 4.98 Å². The Hall–Kier alpha value is -2.78. The molecule has 0 aliphatic rings. The van der Waals surface area contributed by atoms with Crippen molar-refractivity contribution in [1.29, 1.82) is 0 Å². The van der Waals surface area contributed by atoms with Gasteiger partial charge in [0.2, 0.25) is 5.91 Å². The molecule has 0 bridgehead atoms. The number of aromatic nitrogens is 2. The van der Waals surface area contributed by atoms with Gasteiger partial charge in [0, 0.05) is 16.5 Å². The van der Waals surface area contributed by atoms with E-state index >= 15 is 0 Å². The van der Waals surface area contributed by atoms with Crippen LogP contribution in [0, 0.1) is 5.21 Å². The lowest BCUT2D eigenvalue weighted by atomic mass is 10.1. The highest BCUT2D eigenvalue weighted by Gasteiger charge is 2.33. The van der Waals surface area contributed by atoms with Gasteiger partial charge in [0.15, 0.2) is 12.4 Å². The molecule has 0 unspecified atom stereocenters. The molecular weight excluding hydrogens is 422 g/mol. The molecule has 1 aromatic carbocycles. The number of primary amides is 1. The van der Waals surface area contributed by atoms with E-state index in [-0.39, 0.29) is 44.4 Å². The van der Waals surface area contributed by atoms with Gasteiger partial charge in [-0.3, -0.25) is 4.79 Å². The van der Waals surface area contributed by atoms with Crippen LogP contribution in [0.4, 0.5) is 13.2 Å². The molecule has 0 atom stereocenters. The first kappa shape index (κ1) is 20.0. The minimum absolute atomic E-state index is 0.00764. The molecule has 6 nitrogen and oxygen atoms in total. The molecular formula is C17H10Cl2F3N3O3. The fraction of sp³-hybridized carbons (Fsp3) is 0.118. The second kappa shape index (κ2) is 7.33. The molecule has 0 fully saturated rings. The lowest BCUT2D eigenvalue weighted by Gasteiger charge is -2.14. The van der Waals surface area contributed by atoms with Crippen LogP contribution in [0.2, 0.25) is 10.0 Å². The standard InChI is InChI=1S/C17H10Cl2F3N3O3/c18-11-5-25(27)6-12(19)10(11)7-28-13-3-1-9(16(23)26)8-2-4-14(17(20,21)22)24-15(8)13/h1-6H,7H2,(H2,23,26). The molecule has 0 aliphatic heterocycles. The fourth-order valence-corrected chi connectivity index (χ4v) is 3.05. The molecule has 0 aliphatic carbocycles. The number of ether oxygens (including phenoxy) is 1. The van der Waals surface area contributed by atoms with Gasteiger partial charge < -0.3 is 15.7 Å². The van der Waals surface area contributed by atoms with Crippen LogP contribution in [0.5, 0.6) is 5.75 Å². The largest absolute Gasteiger partial charge is 0.619 e. The molecule has 0 saturated carbocycles. The molecule has 146 valence electrons. The number of carbonyl (C=O) groups is 1. The maximum absolute atomic E-state index is 13.0. The number of halogens is 5. The summed E-state index contributed by atoms with van der Waals surface area (Å²) in [4.78, 5) is 15.2. The minimum atomic E-state index is -4.69. The van der Waals surface area contributed by atoms with Gasteiger partial charge in [-0.2, -0.15) is 17.9 Å². The van der Waals surface area contributed by atoms with Gasteiger partial charge in [-0.15, -0.1) is 0 Å². The van der Waals surface area contributed by atoms with Crippen molar-refractivity contribution < 1.29 is 27.4 Å². The highest BCUT2D eigenvalue weighted by atomic mass is 35.5. The highest BCUT2D eigenvalue weighted by molar-refractivity contribution is 6.35. The number of benzene rings is 1. The molecule has 0 spiro atoms. The second-order valence-electron chi connectivity index (χ2n) is 5.65. The first-order chi connectivity index (χ1) is 13.1. The number of hydrogen-bond acceptors (Lipinski definition) is 4. The summed E-state index contributed by atoms with van der Waals surface area (Å²) < 4.78 is 45.1. The zero-order valence-corrected chi connectivity index (χ0v) is 15.3. The summed E-state index contributed by atoms with van der Waals surface area (Å²) in [6.45, 7) is -0.249. The summed E-state index contributed by atoms with van der Waals surface area (Å²) in [5.74, 6) is -0.871. The van der Waals surface area contributed by atoms with Crippen LogP contribution in [-0.2, 0) is 12.8 Å². The second-order valence-corrected chi connectivity index (χ2v) is 6.46. The Labute approximate surface area is 165 Å². The van der Waals surface area contributed by atoms with Crippen molar-refractivity contribution in [2.45, 2.75) is 12.8 Å². The van der Waals surface area contributed by atoms with E-state index in [1.807, 2.05) is 0 Å². The van der Waals surface area contributed by atoms with E-state index in [2.05, 4.69) is 4.98 Å². The molecule has 11 heteroatoms. The predicted octanol–water partition coefficient (Wildman–Crippen LogP) is 3.87. The van der Waals surface area contributed by atoms with Gasteiger partial charge in [-0.1, -0.05) is 23.2 Å². The van der Waals surface area contributed by atoms with Gasteiger partial charge in [0.1, 0.15) is 33.6 Å². The molecule has 3 aromatic rings. The monoisotopic (exact) mass is 431 g/mol. The molecule has 28 heavy (non-hydrogen) atoms. The third-order valence-corrected chi connectivity index (χ3v) is 4.46. The van der Waals surface area contributed by atoms with Crippen LogP contribution >= 0.6 is 23.2 Å². The van der Waals surface area contributed by atoms with Gasteiger partial charge >= 0.3 is 6.18 Å². The van der Waals surface area contributed by atoms with Gasteiger partial charge in [0.05, 0.1) is 0 Å². The SMILES string of the molecule is NC(=O)c1ccc(OCc2c(Cl)c[n+]([O-])cc2Cl)c2nc(C(F)(F)F)ccc12. The van der Waals surface area contributed by atoms with Crippen LogP contribution in [0.1, 0.15) is 21.6 Å². The van der Waals surface area contributed by atoms with Crippen LogP contribution in [0.15, 0.2) is 36.7 Å². The minimum Gasteiger partial charge on any atom is -0.619 e. The van der Waals surface area contributed by atoms with Crippen molar-refractivity contribution in [3.05, 3.63) is 68.7 Å². The van der Waals surface area contributed by atoms with E-state index in [1.54, 1.807) is 0 Å². The molecule has 0 radical (unpaired) electrons. The Bertz CT molecular complexity index is 1070. The van der Waals surface area contributed by atoms with E-state index in [1.165, 1.54) is 12.1 Å². The molecule has 2 N–H and O–H groups in total. The van der Waals surface area contributed by atoms with Gasteiger partial charge in [0.25, 0.3) is 0 Å². The highest BCUT2D eigenvalue weighted by Crippen LogP contribution is 2.34. The Morgan fingerprint density at radius 2 is 1.82 bits per heavy atom. The Morgan fingerprint density at radius 3 is 2.39 bits per heavy atom. The smallest absolute Gasteiger partial charge is 0.433 e. The lowest BCUT2D eigenvalue weighted by Crippen LogP contribution is -2.25. The molecule has 3 rings (SSSR count). The Balaban J connectivity index is 2.08. The molecule has 2 aromatic heterocycles. The average molecular weight is 432 g/mol. The number of nitrogens with zero attached hydrogens (tertiary/aromatic N) is 2. The van der Waals surface area contributed by atoms with Gasteiger partial charge in [-0.05, 0) is 24.3 Å². The summed E-state index contributed by atoms with van der Waals surface area (Å²) in [5.41, 5.74) is 4.17. The normalized spacial score (nSPS) is 11.6. The number of pyridine rings is 2. The van der Waals surface area contributed by atoms with Crippen molar-refractivity contribution in [3.8, 4) is 5.75 Å². The van der Waals surface area contributed by atoms with Crippen molar-refractivity contribution in [1.82, 2.24) is 4.98 Å². The Morgan fingerprint density at radius 1 is 1.18 bits per heavy atom. The van der Waals surface area contributed by atoms with Crippen molar-refractivity contribution >= 4 is 40.0 Å². The summed E-state index contributed by atoms with van der Waals surface area (Å²) in [6.07, 6.45) is -2.58. The van der Waals surface area contributed by atoms with Crippen LogP contribution in [0.25, 0.3) is 10.9 Å². The van der Waals surface area contributed by atoms with E-state index in [0.717, 1.165) is 24.5 Å². The van der Waals surface area contributed by atoms with E-state index in [4.69, 9.17) is 33.7 Å². The summed E-state index contributed by atoms with van der Waals surface area (Å²) in [7, 11) is 0. The molecule has 0 saturated heterocycles. The average Bonchev–Trinajstić information content (AvgIpc) is 2.59. The number of amides is 1. The number of hydrogen-bond donors (Lipinski definition) is 1. The first-order valence-electron chi connectivity index (χ1n) is 7.58. The maximum atomic E-state index is 13.0. The number of nitrogens with two attached hydrogens (primary N) is 1. The number of rotatable bonds is 4. The topological polar surface area (TPSA) is 92.2 Å². The predicted molar refractivity (Wildman–Crippen MR) is 95.0 cm³/mol. The third kappa shape index (κ3) is 3.90. The maximum Gasteiger partial charge on any atom is 0.433 e. The molecule has 1 amide bonds. The summed E-state index contributed by atoms with van der Waals surface area (Å²) in [6, 6.07) is 4.43. The number of alkyl halides is 3. The lowest BCUT2D eigenvalue weighted by molar-refractivity contribution is -0.605. The van der Waals surface area contributed by atoms with Crippen molar-refractivity contribution in [2.24, 2.45) is 5.73 Å². The third-order valence-electron chi connectivity index (χ3n) is 3.81. The van der Waals surface area contributed by atoms with E-state index < -0.39 is 17.8 Å². The zero-order chi connectivity index (χ0) is 20.6. The summed E-state index contributed by atoms with van der Waals surface area (Å²) in [5, 5.41) is 11.4. The summed E-state index contributed by atoms with van der Waals surface area (Å²) >= 11 is 11.9. The Kier molecular flexibility index (Phi) is 5.22.